The Labute approximate surface area is 175 Å². The van der Waals surface area contributed by atoms with Gasteiger partial charge in [0, 0.05) is 64.1 Å². The van der Waals surface area contributed by atoms with Crippen molar-refractivity contribution in [1.29, 1.82) is 0 Å². The van der Waals surface area contributed by atoms with Crippen LogP contribution in [0.2, 0.25) is 0 Å². The lowest BCUT2D eigenvalue weighted by atomic mass is 9.95. The van der Waals surface area contributed by atoms with Gasteiger partial charge in [0.15, 0.2) is 0 Å². The zero-order valence-corrected chi connectivity index (χ0v) is 17.3. The topological polar surface area (TPSA) is 68.8 Å². The zero-order valence-electron chi connectivity index (χ0n) is 16.5. The van der Waals surface area contributed by atoms with E-state index < -0.39 is 0 Å². The number of pyridine rings is 1. The van der Waals surface area contributed by atoms with Crippen molar-refractivity contribution in [2.45, 2.75) is 19.4 Å². The summed E-state index contributed by atoms with van der Waals surface area (Å²) in [5.74, 6) is 0.287. The molecule has 0 saturated carbocycles. The molecule has 7 nitrogen and oxygen atoms in total. The summed E-state index contributed by atoms with van der Waals surface area (Å²) in [5, 5.41) is 5.72. The molecule has 1 N–H and O–H groups in total. The number of piperazine rings is 1. The number of hydrogen-bond donors (Lipinski definition) is 1. The fourth-order valence-corrected chi connectivity index (χ4v) is 4.61. The van der Waals surface area contributed by atoms with Crippen molar-refractivity contribution >= 4 is 28.3 Å². The van der Waals surface area contributed by atoms with Crippen LogP contribution in [0.3, 0.4) is 0 Å². The fourth-order valence-electron chi connectivity index (χ4n) is 4.00. The van der Waals surface area contributed by atoms with Crippen LogP contribution < -0.4 is 5.32 Å². The monoisotopic (exact) mass is 413 g/mol. The van der Waals surface area contributed by atoms with Crippen LogP contribution in [0.1, 0.15) is 18.4 Å². The summed E-state index contributed by atoms with van der Waals surface area (Å²) >= 11 is 1.51. The minimum atomic E-state index is -0.0673. The Hall–Kier alpha value is -2.45. The molecule has 4 heterocycles. The van der Waals surface area contributed by atoms with Crippen molar-refractivity contribution in [1.82, 2.24) is 19.7 Å². The molecule has 0 spiro atoms. The third-order valence-electron chi connectivity index (χ3n) is 5.70. The van der Waals surface area contributed by atoms with Crippen LogP contribution in [0.4, 0.5) is 9.80 Å². The Balaban J connectivity index is 1.20. The van der Waals surface area contributed by atoms with Gasteiger partial charge in [-0.15, -0.1) is 11.3 Å². The van der Waals surface area contributed by atoms with E-state index in [1.165, 1.54) is 16.9 Å². The van der Waals surface area contributed by atoms with Gasteiger partial charge >= 0.3 is 6.03 Å². The van der Waals surface area contributed by atoms with E-state index in [0.717, 1.165) is 50.6 Å². The standard InChI is InChI=1S/C21H27N5O2S/c27-20(25-12-10-24(11-13-25)16-17-3-1-7-22-15-17)18-5-8-26(9-6-18)21(28)23-19-4-2-14-29-19/h1-4,7,14-15,18H,5-6,8-13,16H2,(H,23,28). The zero-order chi connectivity index (χ0) is 20.1. The average Bonchev–Trinajstić information content (AvgIpc) is 3.28. The maximum absolute atomic E-state index is 12.9. The third kappa shape index (κ3) is 5.13. The lowest BCUT2D eigenvalue weighted by molar-refractivity contribution is -0.138. The minimum Gasteiger partial charge on any atom is -0.340 e. The Morgan fingerprint density at radius 2 is 1.83 bits per heavy atom. The second-order valence-electron chi connectivity index (χ2n) is 7.63. The van der Waals surface area contributed by atoms with Crippen LogP contribution in [-0.4, -0.2) is 70.9 Å². The first-order valence-electron chi connectivity index (χ1n) is 10.2. The molecule has 2 aromatic rings. The van der Waals surface area contributed by atoms with Crippen LogP contribution in [-0.2, 0) is 11.3 Å². The van der Waals surface area contributed by atoms with E-state index in [4.69, 9.17) is 0 Å². The van der Waals surface area contributed by atoms with Crippen molar-refractivity contribution in [2.75, 3.05) is 44.6 Å². The number of hydrogen-bond acceptors (Lipinski definition) is 5. The van der Waals surface area contributed by atoms with Gasteiger partial charge in [-0.2, -0.15) is 0 Å². The highest BCUT2D eigenvalue weighted by Crippen LogP contribution is 2.22. The van der Waals surface area contributed by atoms with E-state index in [9.17, 15) is 9.59 Å². The summed E-state index contributed by atoms with van der Waals surface area (Å²) in [6.07, 6.45) is 5.18. The highest BCUT2D eigenvalue weighted by atomic mass is 32.1. The first-order valence-corrected chi connectivity index (χ1v) is 11.1. The number of thiophene rings is 1. The largest absolute Gasteiger partial charge is 0.340 e. The van der Waals surface area contributed by atoms with Gasteiger partial charge in [-0.1, -0.05) is 6.07 Å². The minimum absolute atomic E-state index is 0.0330. The predicted molar refractivity (Wildman–Crippen MR) is 114 cm³/mol. The number of nitrogens with zero attached hydrogens (tertiary/aromatic N) is 4. The van der Waals surface area contributed by atoms with E-state index >= 15 is 0 Å². The van der Waals surface area contributed by atoms with Gasteiger partial charge in [0.1, 0.15) is 0 Å². The van der Waals surface area contributed by atoms with E-state index in [1.54, 1.807) is 6.20 Å². The maximum Gasteiger partial charge on any atom is 0.322 e. The van der Waals surface area contributed by atoms with E-state index in [-0.39, 0.29) is 17.9 Å². The first-order chi connectivity index (χ1) is 14.2. The van der Waals surface area contributed by atoms with Crippen molar-refractivity contribution < 1.29 is 9.59 Å². The SMILES string of the molecule is O=C(Nc1cccs1)N1CCC(C(=O)N2CCN(Cc3cccnc3)CC2)CC1. The van der Waals surface area contributed by atoms with Gasteiger partial charge in [-0.25, -0.2) is 4.79 Å². The molecular formula is C21H27N5O2S. The summed E-state index contributed by atoms with van der Waals surface area (Å²) in [4.78, 5) is 35.6. The average molecular weight is 414 g/mol. The van der Waals surface area contributed by atoms with E-state index in [0.29, 0.717) is 13.1 Å². The first kappa shape index (κ1) is 19.8. The Kier molecular flexibility index (Phi) is 6.41. The number of anilines is 1. The third-order valence-corrected chi connectivity index (χ3v) is 6.48. The molecule has 2 aliphatic rings. The number of urea groups is 1. The van der Waals surface area contributed by atoms with Gasteiger partial charge in [-0.3, -0.25) is 20.0 Å². The molecule has 0 aliphatic carbocycles. The van der Waals surface area contributed by atoms with Crippen LogP contribution >= 0.6 is 11.3 Å². The summed E-state index contributed by atoms with van der Waals surface area (Å²) in [5.41, 5.74) is 1.21. The number of likely N-dealkylation sites (tertiary alicyclic amines) is 1. The molecule has 2 fully saturated rings. The molecule has 0 radical (unpaired) electrons. The number of carbonyl (C=O) groups is 2. The molecule has 29 heavy (non-hydrogen) atoms. The van der Waals surface area contributed by atoms with Gasteiger partial charge in [0.2, 0.25) is 5.91 Å². The number of amides is 3. The molecule has 2 saturated heterocycles. The molecular weight excluding hydrogens is 386 g/mol. The number of carbonyl (C=O) groups excluding carboxylic acids is 2. The summed E-state index contributed by atoms with van der Waals surface area (Å²) in [7, 11) is 0. The highest BCUT2D eigenvalue weighted by molar-refractivity contribution is 7.14. The van der Waals surface area contributed by atoms with E-state index in [1.807, 2.05) is 39.6 Å². The molecule has 2 aliphatic heterocycles. The van der Waals surface area contributed by atoms with Crippen molar-refractivity contribution in [3.8, 4) is 0 Å². The van der Waals surface area contributed by atoms with Crippen LogP contribution in [0.25, 0.3) is 0 Å². The second kappa shape index (κ2) is 9.37. The Morgan fingerprint density at radius 1 is 1.03 bits per heavy atom. The van der Waals surface area contributed by atoms with Crippen LogP contribution in [0.5, 0.6) is 0 Å². The van der Waals surface area contributed by atoms with Crippen molar-refractivity contribution in [3.63, 3.8) is 0 Å². The molecule has 0 aromatic carbocycles. The summed E-state index contributed by atoms with van der Waals surface area (Å²) in [6.45, 7) is 5.48. The molecule has 0 atom stereocenters. The molecule has 154 valence electrons. The van der Waals surface area contributed by atoms with Gasteiger partial charge < -0.3 is 9.80 Å². The van der Waals surface area contributed by atoms with E-state index in [2.05, 4.69) is 21.3 Å². The van der Waals surface area contributed by atoms with Gasteiger partial charge in [0.25, 0.3) is 0 Å². The number of piperidine rings is 1. The van der Waals surface area contributed by atoms with Crippen LogP contribution in [0, 0.1) is 5.92 Å². The normalized spacial score (nSPS) is 18.6. The second-order valence-corrected chi connectivity index (χ2v) is 8.58. The molecule has 3 amide bonds. The predicted octanol–water partition coefficient (Wildman–Crippen LogP) is 2.73. The Morgan fingerprint density at radius 3 is 2.48 bits per heavy atom. The lowest BCUT2D eigenvalue weighted by Crippen LogP contribution is -2.51. The smallest absolute Gasteiger partial charge is 0.322 e. The molecule has 2 aromatic heterocycles. The van der Waals surface area contributed by atoms with Crippen molar-refractivity contribution in [2.24, 2.45) is 5.92 Å². The molecule has 4 rings (SSSR count). The quantitative estimate of drug-likeness (QED) is 0.837. The number of nitrogens with one attached hydrogen (secondary N) is 1. The highest BCUT2D eigenvalue weighted by Gasteiger charge is 2.31. The molecule has 0 bridgehead atoms. The number of rotatable bonds is 4. The van der Waals surface area contributed by atoms with Gasteiger partial charge in [-0.05, 0) is 42.0 Å². The van der Waals surface area contributed by atoms with Gasteiger partial charge in [0.05, 0.1) is 5.00 Å². The van der Waals surface area contributed by atoms with Crippen LogP contribution in [0.15, 0.2) is 42.0 Å². The maximum atomic E-state index is 12.9. The van der Waals surface area contributed by atoms with Crippen molar-refractivity contribution in [3.05, 3.63) is 47.6 Å². The molecule has 0 unspecified atom stereocenters. The molecule has 8 heteroatoms. The summed E-state index contributed by atoms with van der Waals surface area (Å²) < 4.78 is 0. The Bertz CT molecular complexity index is 798. The number of aromatic nitrogens is 1. The fraction of sp³-hybridized carbons (Fsp3) is 0.476. The lowest BCUT2D eigenvalue weighted by Gasteiger charge is -2.38. The summed E-state index contributed by atoms with van der Waals surface area (Å²) in [6, 6.07) is 7.80.